The first kappa shape index (κ1) is 46.6. The summed E-state index contributed by atoms with van der Waals surface area (Å²) in [5.41, 5.74) is 13.2. The molecule has 6 heteroatoms. The van der Waals surface area contributed by atoms with Gasteiger partial charge in [-0.25, -0.2) is 4.98 Å². The van der Waals surface area contributed by atoms with Crippen molar-refractivity contribution in [1.82, 2.24) is 9.55 Å². The fourth-order valence-electron chi connectivity index (χ4n) is 9.02. The summed E-state index contributed by atoms with van der Waals surface area (Å²) < 4.78 is 9.06. The molecule has 9 rings (SSSR count). The monoisotopic (exact) mass is 1050 g/mol. The van der Waals surface area contributed by atoms with Crippen molar-refractivity contribution in [2.45, 2.75) is 99.3 Å². The Hall–Kier alpha value is -5.90. The van der Waals surface area contributed by atoms with Gasteiger partial charge in [0.25, 0.3) is 0 Å². The number of rotatable bonds is 7. The van der Waals surface area contributed by atoms with Crippen molar-refractivity contribution in [3.8, 4) is 39.6 Å². The van der Waals surface area contributed by atoms with Crippen LogP contribution in [0.2, 0.25) is 0 Å². The molecule has 0 unspecified atom stereocenters. The Morgan fingerprint density at radius 1 is 0.545 bits per heavy atom. The maximum atomic E-state index is 6.85. The van der Waals surface area contributed by atoms with Gasteiger partial charge in [0.15, 0.2) is 0 Å². The van der Waals surface area contributed by atoms with Gasteiger partial charge in [0, 0.05) is 61.1 Å². The summed E-state index contributed by atoms with van der Waals surface area (Å²) in [6.45, 7) is 29.5. The average molecular weight is 1050 g/mol. The molecule has 3 heterocycles. The molecule has 0 fully saturated rings. The van der Waals surface area contributed by atoms with Gasteiger partial charge in [-0.2, -0.15) is 6.07 Å². The van der Waals surface area contributed by atoms with E-state index < -0.39 is 0 Å². The van der Waals surface area contributed by atoms with Crippen molar-refractivity contribution in [3.05, 3.63) is 187 Å². The summed E-state index contributed by atoms with van der Waals surface area (Å²) in [5.74, 6) is 2.10. The van der Waals surface area contributed by atoms with Gasteiger partial charge in [0.05, 0.1) is 0 Å². The van der Waals surface area contributed by atoms with Crippen molar-refractivity contribution in [1.29, 1.82) is 0 Å². The van der Waals surface area contributed by atoms with Gasteiger partial charge in [0.2, 0.25) is 0 Å². The van der Waals surface area contributed by atoms with Crippen molar-refractivity contribution in [2.24, 2.45) is 5.41 Å². The molecular formula is C60H61N4OPt-3. The summed E-state index contributed by atoms with van der Waals surface area (Å²) >= 11 is 0. The fourth-order valence-corrected chi connectivity index (χ4v) is 9.02. The first-order valence-electron chi connectivity index (χ1n) is 22.9. The summed E-state index contributed by atoms with van der Waals surface area (Å²) in [4.78, 5) is 9.47. The summed E-state index contributed by atoms with van der Waals surface area (Å²) in [6, 6.07) is 55.1. The van der Waals surface area contributed by atoms with Crippen LogP contribution in [0.15, 0.2) is 152 Å². The van der Waals surface area contributed by atoms with E-state index >= 15 is 0 Å². The molecule has 0 bridgehead atoms. The van der Waals surface area contributed by atoms with E-state index in [4.69, 9.17) is 9.72 Å². The molecular weight excluding hydrogens is 988 g/mol. The number of para-hydroxylation sites is 1. The summed E-state index contributed by atoms with van der Waals surface area (Å²) in [7, 11) is 0. The van der Waals surface area contributed by atoms with E-state index in [1.165, 1.54) is 39.1 Å². The first-order chi connectivity index (χ1) is 30.7. The van der Waals surface area contributed by atoms with E-state index in [-0.39, 0.29) is 42.7 Å². The second-order valence-corrected chi connectivity index (χ2v) is 21.6. The van der Waals surface area contributed by atoms with Crippen LogP contribution in [-0.4, -0.2) is 9.55 Å². The zero-order valence-corrected chi connectivity index (χ0v) is 42.7. The Morgan fingerprint density at radius 2 is 1.15 bits per heavy atom. The topological polar surface area (TPSA) is 33.5 Å². The van der Waals surface area contributed by atoms with Crippen molar-refractivity contribution in [3.63, 3.8) is 0 Å². The molecule has 0 radical (unpaired) electrons. The van der Waals surface area contributed by atoms with Crippen LogP contribution >= 0.6 is 0 Å². The first-order valence-corrected chi connectivity index (χ1v) is 22.9. The number of anilines is 2. The quantitative estimate of drug-likeness (QED) is 0.149. The number of allylic oxidation sites excluding steroid dienone is 1. The van der Waals surface area contributed by atoms with Gasteiger partial charge in [0.1, 0.15) is 5.82 Å². The van der Waals surface area contributed by atoms with E-state index in [1.54, 1.807) is 0 Å². The van der Waals surface area contributed by atoms with Crippen molar-refractivity contribution >= 4 is 33.2 Å². The molecule has 0 amide bonds. The molecule has 6 aromatic carbocycles. The number of benzene rings is 6. The van der Waals surface area contributed by atoms with Crippen molar-refractivity contribution in [2.75, 3.05) is 9.80 Å². The Morgan fingerprint density at radius 3 is 1.74 bits per heavy atom. The van der Waals surface area contributed by atoms with Crippen LogP contribution in [0.3, 0.4) is 0 Å². The van der Waals surface area contributed by atoms with Crippen LogP contribution in [0.5, 0.6) is 11.5 Å². The third-order valence-electron chi connectivity index (χ3n) is 12.4. The second-order valence-electron chi connectivity index (χ2n) is 21.6. The van der Waals surface area contributed by atoms with Crippen LogP contribution in [-0.2, 0) is 37.3 Å². The molecule has 2 aromatic heterocycles. The van der Waals surface area contributed by atoms with Gasteiger partial charge < -0.3 is 19.1 Å². The summed E-state index contributed by atoms with van der Waals surface area (Å²) in [6.07, 6.45) is 4.17. The van der Waals surface area contributed by atoms with E-state index in [0.29, 0.717) is 11.5 Å². The fraction of sp³-hybridized carbons (Fsp3) is 0.267. The number of fused-ring (bicyclic) bond motifs is 3. The van der Waals surface area contributed by atoms with Gasteiger partial charge >= 0.3 is 0 Å². The smallest absolute Gasteiger partial charge is 0.135 e. The van der Waals surface area contributed by atoms with Crippen LogP contribution in [0, 0.1) is 24.2 Å². The molecule has 5 nitrogen and oxygen atoms in total. The Kier molecular flexibility index (Phi) is 12.3. The van der Waals surface area contributed by atoms with Crippen LogP contribution in [0.1, 0.15) is 99.8 Å². The molecule has 0 atom stereocenters. The van der Waals surface area contributed by atoms with Crippen molar-refractivity contribution < 1.29 is 25.8 Å². The van der Waals surface area contributed by atoms with Crippen LogP contribution in [0.25, 0.3) is 49.9 Å². The predicted octanol–water partition coefficient (Wildman–Crippen LogP) is 16.1. The van der Waals surface area contributed by atoms with Crippen LogP contribution < -0.4 is 14.5 Å². The predicted molar refractivity (Wildman–Crippen MR) is 273 cm³/mol. The summed E-state index contributed by atoms with van der Waals surface area (Å²) in [5, 5.41) is 2.24. The minimum absolute atomic E-state index is 0. The van der Waals surface area contributed by atoms with Crippen LogP contribution in [0.4, 0.5) is 11.4 Å². The van der Waals surface area contributed by atoms with Gasteiger partial charge in [-0.05, 0) is 91.5 Å². The minimum atomic E-state index is -0.196. The molecule has 1 aliphatic heterocycles. The second kappa shape index (κ2) is 17.4. The number of ether oxygens (including phenoxy) is 1. The molecule has 66 heavy (non-hydrogen) atoms. The molecule has 340 valence electrons. The third-order valence-corrected chi connectivity index (χ3v) is 12.4. The Balaban J connectivity index is 0.00000592. The molecule has 0 spiro atoms. The maximum Gasteiger partial charge on any atom is 0.135 e. The van der Waals surface area contributed by atoms with E-state index in [0.717, 1.165) is 44.6 Å². The number of hydrogen-bond acceptors (Lipinski definition) is 4. The minimum Gasteiger partial charge on any atom is -0.509 e. The molecule has 0 aliphatic carbocycles. The largest absolute Gasteiger partial charge is 0.509 e. The van der Waals surface area contributed by atoms with E-state index in [9.17, 15) is 0 Å². The standard InChI is InChI=1S/C60H61N4O.Pt/c1-57(2,3)42-29-30-61-55(33-42)64-52-26-20-19-25-48(52)49-28-27-46(37-53(49)64)65-47-32-43(58(4,5)6)31-44(34-47)62-38-54(59(7,8)9)63(39-62)45-35-50(40-21-15-13-16-22-40)56(60(10,11)12)51(36-45)41-23-17-14-18-24-41;/h13-33,35-36,38-39H,1-12H3;/q-3;. The average Bonchev–Trinajstić information content (AvgIpc) is 3.87. The molecule has 1 aliphatic rings. The van der Waals surface area contributed by atoms with E-state index in [1.807, 2.05) is 12.3 Å². The number of nitrogens with zero attached hydrogens (tertiary/aromatic N) is 4. The number of aromatic nitrogens is 2. The third kappa shape index (κ3) is 9.12. The van der Waals surface area contributed by atoms with E-state index in [2.05, 4.69) is 250 Å². The Bertz CT molecular complexity index is 3020. The Labute approximate surface area is 407 Å². The molecule has 0 N–H and O–H groups in total. The number of hydrogen-bond donors (Lipinski definition) is 0. The van der Waals surface area contributed by atoms with Gasteiger partial charge in [-0.15, -0.1) is 53.6 Å². The zero-order chi connectivity index (χ0) is 46.1. The maximum absolute atomic E-state index is 6.85. The molecule has 0 saturated heterocycles. The SMILES string of the molecule is CC(C)(C)C1=CN(c2[c-]c(Oc3[c-]c4c(cc3)c3ccccc3n4-c3cc(C(C)(C)C)ccn3)cc(C(C)(C)C)c2)[CH-]N1c1cc(-c2ccccc2)c(C(C)(C)C)c(-c2ccccc2)c1.[Pt]. The van der Waals surface area contributed by atoms with Gasteiger partial charge in [-0.3, -0.25) is 0 Å². The number of pyridine rings is 1. The normalized spacial score (nSPS) is 13.6. The molecule has 8 aromatic rings. The zero-order valence-electron chi connectivity index (χ0n) is 40.4. The van der Waals surface area contributed by atoms with Gasteiger partial charge in [-0.1, -0.05) is 167 Å². The molecule has 0 saturated carbocycles.